The zero-order chi connectivity index (χ0) is 3.58. The van der Waals surface area contributed by atoms with Crippen LogP contribution in [0.15, 0.2) is 0 Å². The van der Waals surface area contributed by atoms with Crippen LogP contribution in [0.1, 0.15) is 13.8 Å². The van der Waals surface area contributed by atoms with E-state index in [4.69, 9.17) is 0 Å². The lowest BCUT2D eigenvalue weighted by molar-refractivity contribution is -0.407. The van der Waals surface area contributed by atoms with Crippen LogP contribution in [0.25, 0.3) is 0 Å². The van der Waals surface area contributed by atoms with Crippen LogP contribution in [0.5, 0.6) is 0 Å². The van der Waals surface area contributed by atoms with E-state index in [1.54, 1.807) is 0 Å². The van der Waals surface area contributed by atoms with Gasteiger partial charge >= 0.3 is 0 Å². The van der Waals surface area contributed by atoms with E-state index in [-0.39, 0.29) is 4.70 Å². The molecular formula is C3H10FN. The summed E-state index contributed by atoms with van der Waals surface area (Å²) in [4.78, 5) is 0. The molecule has 3 N–H and O–H groups in total. The van der Waals surface area contributed by atoms with E-state index in [0.717, 1.165) is 0 Å². The van der Waals surface area contributed by atoms with Crippen molar-refractivity contribution < 1.29 is 10.4 Å². The number of rotatable bonds is 0. The van der Waals surface area contributed by atoms with Gasteiger partial charge < -0.3 is 10.4 Å². The van der Waals surface area contributed by atoms with Gasteiger partial charge in [0.2, 0.25) is 0 Å². The Labute approximate surface area is 31.5 Å². The minimum absolute atomic E-state index is 0. The fraction of sp³-hybridized carbons (Fsp3) is 1.00. The van der Waals surface area contributed by atoms with Gasteiger partial charge in [0.05, 0.1) is 6.04 Å². The molecule has 0 bridgehead atoms. The molecule has 0 atom stereocenters. The van der Waals surface area contributed by atoms with Gasteiger partial charge in [-0.15, -0.1) is 0 Å². The Kier molecular flexibility index (Phi) is 6.89. The molecule has 0 heterocycles. The van der Waals surface area contributed by atoms with E-state index in [1.165, 1.54) is 0 Å². The highest BCUT2D eigenvalue weighted by atomic mass is 19.0. The van der Waals surface area contributed by atoms with E-state index >= 15 is 0 Å². The van der Waals surface area contributed by atoms with Crippen molar-refractivity contribution in [2.45, 2.75) is 19.9 Å². The summed E-state index contributed by atoms with van der Waals surface area (Å²) in [7, 11) is 0. The maximum atomic E-state index is 3.64. The summed E-state index contributed by atoms with van der Waals surface area (Å²) >= 11 is 0. The minimum atomic E-state index is 0. The molecule has 0 spiro atoms. The largest absolute Gasteiger partial charge is 1.00 e. The molecule has 0 fully saturated rings. The van der Waals surface area contributed by atoms with Gasteiger partial charge in [-0.05, 0) is 13.8 Å². The fourth-order valence-corrected chi connectivity index (χ4v) is 0. The fourth-order valence-electron chi connectivity index (χ4n) is 0. The molecule has 34 valence electrons. The molecule has 0 aliphatic heterocycles. The number of hydrogen-bond donors (Lipinski definition) is 1. The van der Waals surface area contributed by atoms with Crippen LogP contribution in [-0.2, 0) is 0 Å². The molecule has 0 aromatic heterocycles. The molecule has 5 heavy (non-hydrogen) atoms. The molecule has 0 saturated heterocycles. The zero-order valence-electron chi connectivity index (χ0n) is 3.66. The third kappa shape index (κ3) is 1150. The Hall–Kier alpha value is -0.110. The second-order valence-corrected chi connectivity index (χ2v) is 1.39. The quantitative estimate of drug-likeness (QED) is 0.314. The average Bonchev–Trinajstić information content (AvgIpc) is 0.811. The lowest BCUT2D eigenvalue weighted by Crippen LogP contribution is -3.00. The van der Waals surface area contributed by atoms with E-state index < -0.39 is 0 Å². The summed E-state index contributed by atoms with van der Waals surface area (Å²) in [5.41, 5.74) is 3.64. The zero-order valence-corrected chi connectivity index (χ0v) is 3.66. The van der Waals surface area contributed by atoms with Gasteiger partial charge in [-0.1, -0.05) is 0 Å². The van der Waals surface area contributed by atoms with Crippen molar-refractivity contribution in [1.29, 1.82) is 0 Å². The van der Waals surface area contributed by atoms with E-state index in [2.05, 4.69) is 19.6 Å². The highest BCUT2D eigenvalue weighted by molar-refractivity contribution is 4.17. The molecule has 0 unspecified atom stereocenters. The first-order valence-corrected chi connectivity index (χ1v) is 1.56. The van der Waals surface area contributed by atoms with Crippen LogP contribution in [0, 0.1) is 0 Å². The summed E-state index contributed by atoms with van der Waals surface area (Å²) in [5, 5.41) is 0. The molecule has 1 nitrogen and oxygen atoms in total. The average molecular weight is 79.1 g/mol. The summed E-state index contributed by atoms with van der Waals surface area (Å²) in [5.74, 6) is 0. The van der Waals surface area contributed by atoms with Crippen LogP contribution in [0.3, 0.4) is 0 Å². The van der Waals surface area contributed by atoms with E-state index in [9.17, 15) is 0 Å². The maximum Gasteiger partial charge on any atom is 0.0786 e. The van der Waals surface area contributed by atoms with Gasteiger partial charge in [-0.3, -0.25) is 0 Å². The second-order valence-electron chi connectivity index (χ2n) is 1.39. The third-order valence-corrected chi connectivity index (χ3v) is 0. The minimum Gasteiger partial charge on any atom is -1.00 e. The van der Waals surface area contributed by atoms with Gasteiger partial charge in [-0.2, -0.15) is 0 Å². The lowest BCUT2D eigenvalue weighted by Gasteiger charge is -1.77. The van der Waals surface area contributed by atoms with Crippen LogP contribution >= 0.6 is 0 Å². The van der Waals surface area contributed by atoms with Crippen molar-refractivity contribution >= 4 is 0 Å². The Balaban J connectivity index is 0. The van der Waals surface area contributed by atoms with Gasteiger partial charge in [0.15, 0.2) is 0 Å². The molecule has 0 aromatic carbocycles. The highest BCUT2D eigenvalue weighted by Gasteiger charge is 1.72. The van der Waals surface area contributed by atoms with Crippen LogP contribution in [0.2, 0.25) is 0 Å². The SMILES string of the molecule is CC(C)[NH3+].[F-]. The molecule has 0 aliphatic carbocycles. The van der Waals surface area contributed by atoms with Gasteiger partial charge in [0.25, 0.3) is 0 Å². The molecule has 0 aliphatic rings. The van der Waals surface area contributed by atoms with Gasteiger partial charge in [0.1, 0.15) is 0 Å². The topological polar surface area (TPSA) is 27.6 Å². The third-order valence-electron chi connectivity index (χ3n) is 0. The van der Waals surface area contributed by atoms with Gasteiger partial charge in [0, 0.05) is 0 Å². The molecule has 0 amide bonds. The van der Waals surface area contributed by atoms with Crippen molar-refractivity contribution in [3.05, 3.63) is 0 Å². The molecule has 0 aromatic rings. The highest BCUT2D eigenvalue weighted by Crippen LogP contribution is 1.53. The van der Waals surface area contributed by atoms with Crippen molar-refractivity contribution in [1.82, 2.24) is 0 Å². The van der Waals surface area contributed by atoms with Crippen molar-refractivity contribution in [2.24, 2.45) is 0 Å². The predicted molar refractivity (Wildman–Crippen MR) is 18.0 cm³/mol. The normalized spacial score (nSPS) is 7.20. The van der Waals surface area contributed by atoms with Crippen LogP contribution in [-0.4, -0.2) is 6.04 Å². The summed E-state index contributed by atoms with van der Waals surface area (Å²) in [6, 6.07) is 0.583. The van der Waals surface area contributed by atoms with Gasteiger partial charge in [-0.25, -0.2) is 0 Å². The molecular weight excluding hydrogens is 69.0 g/mol. The summed E-state index contributed by atoms with van der Waals surface area (Å²) in [6.45, 7) is 4.11. The lowest BCUT2D eigenvalue weighted by atomic mass is 10.5. The van der Waals surface area contributed by atoms with E-state index in [0.29, 0.717) is 6.04 Å². The number of halogens is 1. The Morgan fingerprint density at radius 2 is 1.40 bits per heavy atom. The molecule has 0 rings (SSSR count). The van der Waals surface area contributed by atoms with Crippen LogP contribution < -0.4 is 10.4 Å². The standard InChI is InChI=1S/C3H9N.FH/c1-3(2)4;/h3H,4H2,1-2H3;1H. The summed E-state index contributed by atoms with van der Waals surface area (Å²) in [6.07, 6.45) is 0. The van der Waals surface area contributed by atoms with E-state index in [1.807, 2.05) is 0 Å². The number of hydrogen-bond acceptors (Lipinski definition) is 0. The monoisotopic (exact) mass is 79.1 g/mol. The first-order valence-electron chi connectivity index (χ1n) is 1.56. The molecule has 0 saturated carbocycles. The molecule has 2 heteroatoms. The summed E-state index contributed by atoms with van der Waals surface area (Å²) < 4.78 is 0. The Bertz CT molecular complexity index is 11.6. The Morgan fingerprint density at radius 1 is 1.40 bits per heavy atom. The maximum absolute atomic E-state index is 3.64. The molecule has 0 radical (unpaired) electrons. The van der Waals surface area contributed by atoms with Crippen LogP contribution in [0.4, 0.5) is 0 Å². The number of quaternary nitrogens is 1. The van der Waals surface area contributed by atoms with Crippen molar-refractivity contribution in [3.8, 4) is 0 Å². The smallest absolute Gasteiger partial charge is 0.0786 e. The Morgan fingerprint density at radius 3 is 1.40 bits per heavy atom. The van der Waals surface area contributed by atoms with Crippen molar-refractivity contribution in [2.75, 3.05) is 0 Å². The predicted octanol–water partition coefficient (Wildman–Crippen LogP) is -3.36. The first kappa shape index (κ1) is 8.86. The van der Waals surface area contributed by atoms with Crippen molar-refractivity contribution in [3.63, 3.8) is 0 Å². The second kappa shape index (κ2) is 3.89. The first-order chi connectivity index (χ1) is 1.73.